The molecule has 8 nitrogen and oxygen atoms in total. The number of thiophene rings is 2. The summed E-state index contributed by atoms with van der Waals surface area (Å²) in [4.78, 5) is 14.7. The number of carbonyl (C=O) groups is 1. The quantitative estimate of drug-likeness (QED) is 0.214. The lowest BCUT2D eigenvalue weighted by atomic mass is 10.1. The summed E-state index contributed by atoms with van der Waals surface area (Å²) < 4.78 is 15.2. The fourth-order valence-corrected chi connectivity index (χ4v) is 6.57. The van der Waals surface area contributed by atoms with Crippen LogP contribution in [0.15, 0.2) is 60.7 Å². The molecule has 0 fully saturated rings. The topological polar surface area (TPSA) is 98.5 Å². The van der Waals surface area contributed by atoms with Gasteiger partial charge in [-0.3, -0.25) is 5.32 Å². The highest BCUT2D eigenvalue weighted by atomic mass is 32.1. The van der Waals surface area contributed by atoms with Crippen LogP contribution < -0.4 is 10.1 Å². The zero-order valence-electron chi connectivity index (χ0n) is 21.3. The number of rotatable bonds is 9. The summed E-state index contributed by atoms with van der Waals surface area (Å²) in [6, 6.07) is 19.9. The van der Waals surface area contributed by atoms with Crippen LogP contribution in [0.25, 0.3) is 30.4 Å². The summed E-state index contributed by atoms with van der Waals surface area (Å²) in [6.07, 6.45) is -0.372. The van der Waals surface area contributed by atoms with Gasteiger partial charge in [-0.1, -0.05) is 41.6 Å². The molecule has 5 aromatic rings. The third-order valence-corrected chi connectivity index (χ3v) is 8.39. The highest BCUT2D eigenvalue weighted by Gasteiger charge is 2.21. The Morgan fingerprint density at radius 2 is 1.82 bits per heavy atom. The molecule has 38 heavy (non-hydrogen) atoms. The van der Waals surface area contributed by atoms with Crippen LogP contribution in [0.2, 0.25) is 0 Å². The molecule has 1 atom stereocenters. The minimum absolute atomic E-state index is 0.103. The van der Waals surface area contributed by atoms with Crippen molar-refractivity contribution in [3.63, 3.8) is 0 Å². The van der Waals surface area contributed by atoms with Crippen LogP contribution in [0.5, 0.6) is 5.75 Å². The summed E-state index contributed by atoms with van der Waals surface area (Å²) >= 11 is 3.26. The molecule has 3 aromatic heterocycles. The van der Waals surface area contributed by atoms with Crippen molar-refractivity contribution in [1.29, 1.82) is 0 Å². The highest BCUT2D eigenvalue weighted by molar-refractivity contribution is 7.31. The number of hydrogen-bond donors (Lipinski definition) is 2. The molecule has 0 aliphatic rings. The van der Waals surface area contributed by atoms with Crippen LogP contribution in [0.3, 0.4) is 0 Å². The Morgan fingerprint density at radius 1 is 1.08 bits per heavy atom. The predicted octanol–water partition coefficient (Wildman–Crippen LogP) is 6.67. The van der Waals surface area contributed by atoms with Gasteiger partial charge in [-0.05, 0) is 55.7 Å². The number of hydrogen-bond acceptors (Lipinski definition) is 8. The first kappa shape index (κ1) is 25.9. The molecule has 2 N–H and O–H groups in total. The Kier molecular flexibility index (Phi) is 7.73. The van der Waals surface area contributed by atoms with Gasteiger partial charge in [0.2, 0.25) is 0 Å². The van der Waals surface area contributed by atoms with E-state index in [0.717, 1.165) is 41.6 Å². The lowest BCUT2D eigenvalue weighted by Crippen LogP contribution is -2.18. The number of nitrogens with zero attached hydrogens (tertiary/aromatic N) is 3. The lowest BCUT2D eigenvalue weighted by molar-refractivity contribution is 0.121. The van der Waals surface area contributed by atoms with Gasteiger partial charge < -0.3 is 14.6 Å². The maximum Gasteiger partial charge on any atom is 0.413 e. The van der Waals surface area contributed by atoms with Crippen LogP contribution in [-0.4, -0.2) is 39.4 Å². The Labute approximate surface area is 228 Å². The van der Waals surface area contributed by atoms with Crippen LogP contribution in [0, 0.1) is 0 Å². The van der Waals surface area contributed by atoms with Crippen LogP contribution >= 0.6 is 22.7 Å². The number of aliphatic hydroxyl groups is 1. The number of amides is 1. The van der Waals surface area contributed by atoms with E-state index in [1.807, 2.05) is 56.3 Å². The van der Waals surface area contributed by atoms with Gasteiger partial charge in [0.1, 0.15) is 17.5 Å². The highest BCUT2D eigenvalue weighted by Crippen LogP contribution is 2.44. The second kappa shape index (κ2) is 11.3. The molecule has 0 bridgehead atoms. The first-order valence-corrected chi connectivity index (χ1v) is 13.9. The zero-order valence-corrected chi connectivity index (χ0v) is 22.9. The maximum atomic E-state index is 12.7. The van der Waals surface area contributed by atoms with Gasteiger partial charge >= 0.3 is 6.09 Å². The number of carbonyl (C=O) groups excluding carboxylic acids is 1. The van der Waals surface area contributed by atoms with Gasteiger partial charge in [0, 0.05) is 33.5 Å². The van der Waals surface area contributed by atoms with Crippen molar-refractivity contribution in [3.8, 4) is 26.8 Å². The molecule has 1 unspecified atom stereocenters. The van der Waals surface area contributed by atoms with Gasteiger partial charge in [-0.15, -0.1) is 27.8 Å². The first-order chi connectivity index (χ1) is 18.5. The first-order valence-electron chi connectivity index (χ1n) is 12.3. The number of aryl methyl sites for hydroxylation is 1. The average molecular weight is 549 g/mol. The van der Waals surface area contributed by atoms with Crippen molar-refractivity contribution in [3.05, 3.63) is 71.8 Å². The van der Waals surface area contributed by atoms with Crippen molar-refractivity contribution >= 4 is 44.0 Å². The molecule has 5 rings (SSSR count). The lowest BCUT2D eigenvalue weighted by Gasteiger charge is -2.14. The Bertz CT molecular complexity index is 1530. The Balaban J connectivity index is 1.38. The van der Waals surface area contributed by atoms with E-state index >= 15 is 0 Å². The fourth-order valence-electron chi connectivity index (χ4n) is 4.16. The van der Waals surface area contributed by atoms with Gasteiger partial charge in [-0.25, -0.2) is 9.48 Å². The normalized spacial score (nSPS) is 12.0. The molecule has 0 radical (unpaired) electrons. The number of aliphatic hydroxyl groups excluding tert-OH is 1. The molecule has 196 valence electrons. The summed E-state index contributed by atoms with van der Waals surface area (Å²) in [5.41, 5.74) is 3.58. The molecule has 0 aliphatic heterocycles. The second-order valence-electron chi connectivity index (χ2n) is 8.68. The average Bonchev–Trinajstić information content (AvgIpc) is 3.59. The van der Waals surface area contributed by atoms with Crippen LogP contribution in [-0.2, 0) is 18.2 Å². The number of fused-ring (bicyclic) bond motifs is 1. The Hall–Kier alpha value is -3.73. The third-order valence-electron chi connectivity index (χ3n) is 6.05. The van der Waals surface area contributed by atoms with E-state index in [2.05, 4.69) is 33.8 Å². The number of benzene rings is 2. The molecular weight excluding hydrogens is 520 g/mol. The number of aromatic nitrogens is 3. The minimum atomic E-state index is -0.568. The van der Waals surface area contributed by atoms with Crippen molar-refractivity contribution < 1.29 is 19.4 Å². The van der Waals surface area contributed by atoms with Gasteiger partial charge in [0.05, 0.1) is 11.5 Å². The van der Waals surface area contributed by atoms with E-state index < -0.39 is 12.2 Å². The number of ether oxygens (including phenoxy) is 2. The molecular formula is C28H28N4O4S2. The van der Waals surface area contributed by atoms with Crippen LogP contribution in [0.1, 0.15) is 31.1 Å². The molecule has 10 heteroatoms. The van der Waals surface area contributed by atoms with Crippen molar-refractivity contribution in [1.82, 2.24) is 15.0 Å². The molecule has 0 saturated carbocycles. The minimum Gasteiger partial charge on any atom is -0.493 e. The Morgan fingerprint density at radius 3 is 2.55 bits per heavy atom. The monoisotopic (exact) mass is 548 g/mol. The van der Waals surface area contributed by atoms with Gasteiger partial charge in [0.25, 0.3) is 0 Å². The van der Waals surface area contributed by atoms with Crippen molar-refractivity contribution in [2.24, 2.45) is 7.05 Å². The summed E-state index contributed by atoms with van der Waals surface area (Å²) in [7, 11) is 1.73. The molecule has 0 spiro atoms. The number of anilines is 1. The molecule has 1 amide bonds. The van der Waals surface area contributed by atoms with Gasteiger partial charge in [-0.2, -0.15) is 0 Å². The smallest absolute Gasteiger partial charge is 0.413 e. The standard InChI is InChI=1S/C28H28N4O4S2/c1-4-35-21-14-18(12-13-33)10-11-20(21)22-15-23-24(37-22)16-25(38-23)26-27(32(3)31-30-26)29-28(34)36-17(2)19-8-6-5-7-9-19/h5-11,14-17,33H,4,12-13H2,1-3H3,(H,29,34). The van der Waals surface area contributed by atoms with Crippen molar-refractivity contribution in [2.45, 2.75) is 26.4 Å². The maximum absolute atomic E-state index is 12.7. The van der Waals surface area contributed by atoms with Gasteiger partial charge in [0.15, 0.2) is 5.82 Å². The summed E-state index contributed by atoms with van der Waals surface area (Å²) in [5, 5.41) is 20.6. The fraction of sp³-hybridized carbons (Fsp3) is 0.250. The third kappa shape index (κ3) is 5.42. The van der Waals surface area contributed by atoms with E-state index in [4.69, 9.17) is 9.47 Å². The van der Waals surface area contributed by atoms with E-state index in [1.165, 1.54) is 4.68 Å². The zero-order chi connectivity index (χ0) is 26.6. The van der Waals surface area contributed by atoms with E-state index in [-0.39, 0.29) is 6.61 Å². The second-order valence-corrected chi connectivity index (χ2v) is 10.8. The molecule has 0 aliphatic carbocycles. The summed E-state index contributed by atoms with van der Waals surface area (Å²) in [5.74, 6) is 1.29. The van der Waals surface area contributed by atoms with Crippen molar-refractivity contribution in [2.75, 3.05) is 18.5 Å². The van der Waals surface area contributed by atoms with E-state index in [1.54, 1.807) is 29.7 Å². The van der Waals surface area contributed by atoms with E-state index in [9.17, 15) is 9.90 Å². The molecule has 2 aromatic carbocycles. The number of nitrogens with one attached hydrogen (secondary N) is 1. The SMILES string of the molecule is CCOc1cc(CCO)ccc1-c1cc2sc(-c3nnn(C)c3NC(=O)OC(C)c3ccccc3)cc2s1. The summed E-state index contributed by atoms with van der Waals surface area (Å²) in [6.45, 7) is 4.46. The molecule has 3 heterocycles. The predicted molar refractivity (Wildman–Crippen MR) is 152 cm³/mol. The van der Waals surface area contributed by atoms with E-state index in [0.29, 0.717) is 24.5 Å². The molecule has 0 saturated heterocycles. The largest absolute Gasteiger partial charge is 0.493 e. The van der Waals surface area contributed by atoms with Crippen LogP contribution in [0.4, 0.5) is 10.6 Å².